The van der Waals surface area contributed by atoms with E-state index < -0.39 is 12.2 Å². The van der Waals surface area contributed by atoms with Gasteiger partial charge in [0.2, 0.25) is 11.9 Å². The van der Waals surface area contributed by atoms with Crippen molar-refractivity contribution in [2.24, 2.45) is 17.6 Å². The van der Waals surface area contributed by atoms with Crippen LogP contribution in [0.15, 0.2) is 30.5 Å². The van der Waals surface area contributed by atoms with Crippen LogP contribution in [-0.4, -0.2) is 47.8 Å². The van der Waals surface area contributed by atoms with Crippen LogP contribution in [0.2, 0.25) is 5.02 Å². The van der Waals surface area contributed by atoms with E-state index in [4.69, 9.17) is 26.8 Å². The third-order valence-electron chi connectivity index (χ3n) is 7.08. The number of aryl methyl sites for hydroxylation is 1. The summed E-state index contributed by atoms with van der Waals surface area (Å²) in [4.78, 5) is 34.7. The van der Waals surface area contributed by atoms with Gasteiger partial charge in [-0.25, -0.2) is 9.78 Å². The maximum absolute atomic E-state index is 12.5. The molecular formula is C25H29ClN6O4. The van der Waals surface area contributed by atoms with Gasteiger partial charge in [0.1, 0.15) is 16.9 Å². The summed E-state index contributed by atoms with van der Waals surface area (Å²) in [5, 5.41) is 6.93. The first-order valence-electron chi connectivity index (χ1n) is 12.1. The zero-order valence-electron chi connectivity index (χ0n) is 20.2. The third kappa shape index (κ3) is 4.53. The second-order valence-corrected chi connectivity index (χ2v) is 9.62. The summed E-state index contributed by atoms with van der Waals surface area (Å²) >= 11 is 6.42. The van der Waals surface area contributed by atoms with Crippen LogP contribution in [0.4, 0.5) is 27.9 Å². The maximum atomic E-state index is 12.5. The highest BCUT2D eigenvalue weighted by atomic mass is 35.5. The van der Waals surface area contributed by atoms with Crippen molar-refractivity contribution in [1.82, 2.24) is 9.97 Å². The topological polar surface area (TPSA) is 132 Å². The summed E-state index contributed by atoms with van der Waals surface area (Å²) < 4.78 is 11.0. The maximum Gasteiger partial charge on any atom is 0.404 e. The Morgan fingerprint density at radius 2 is 2.08 bits per heavy atom. The number of carbonyl (C=O) groups is 2. The van der Waals surface area contributed by atoms with E-state index in [0.29, 0.717) is 41.2 Å². The largest absolute Gasteiger partial charge is 0.494 e. The van der Waals surface area contributed by atoms with Gasteiger partial charge in [-0.1, -0.05) is 23.8 Å². The first kappa shape index (κ1) is 24.2. The number of primary amides is 1. The molecule has 36 heavy (non-hydrogen) atoms. The third-order valence-corrected chi connectivity index (χ3v) is 7.36. The Hall–Kier alpha value is -3.53. The number of ether oxygens (including phenoxy) is 2. The van der Waals surface area contributed by atoms with Gasteiger partial charge >= 0.3 is 6.09 Å². The van der Waals surface area contributed by atoms with Gasteiger partial charge in [-0.15, -0.1) is 0 Å². The molecule has 3 aliphatic rings. The normalized spacial score (nSPS) is 24.3. The summed E-state index contributed by atoms with van der Waals surface area (Å²) in [5.41, 5.74) is 7.91. The lowest BCUT2D eigenvalue weighted by molar-refractivity contribution is -0.118. The van der Waals surface area contributed by atoms with E-state index in [9.17, 15) is 9.59 Å². The Labute approximate surface area is 214 Å². The van der Waals surface area contributed by atoms with Crippen molar-refractivity contribution in [3.8, 4) is 5.75 Å². The zero-order chi connectivity index (χ0) is 25.4. The number of hydrogen-bond donors (Lipinski definition) is 3. The van der Waals surface area contributed by atoms with E-state index in [1.54, 1.807) is 12.0 Å². The van der Waals surface area contributed by atoms with E-state index in [0.717, 1.165) is 30.5 Å². The number of hydrogen-bond acceptors (Lipinski definition) is 8. The number of aromatic nitrogens is 2. The van der Waals surface area contributed by atoms with Crippen LogP contribution in [0.3, 0.4) is 0 Å². The summed E-state index contributed by atoms with van der Waals surface area (Å²) in [7, 11) is 1.58. The van der Waals surface area contributed by atoms with Gasteiger partial charge in [0.05, 0.1) is 30.7 Å². The number of amides is 2. The number of anilines is 4. The standard InChI is InChI=1S/C25H29ClN6O4/c1-3-32-18-11-19(35-2)17(10-13(18)5-4-6-20(32)33)29-25-28-12-16(26)23(31-25)30-21-14-7-8-15(9-14)22(21)36-24(27)34/h7-8,10-12,14-15,21-22H,3-6,9H2,1-2H3,(H2,27,34)(H2,28,29,30,31)/t14-,15+,21+,22-/m0/s1. The van der Waals surface area contributed by atoms with Crippen LogP contribution < -0.4 is 26.0 Å². The van der Waals surface area contributed by atoms with Gasteiger partial charge < -0.3 is 30.7 Å². The highest BCUT2D eigenvalue weighted by molar-refractivity contribution is 6.32. The highest BCUT2D eigenvalue weighted by Gasteiger charge is 2.47. The predicted molar refractivity (Wildman–Crippen MR) is 137 cm³/mol. The van der Waals surface area contributed by atoms with Crippen molar-refractivity contribution in [2.45, 2.75) is 44.8 Å². The molecule has 1 fully saturated rings. The van der Waals surface area contributed by atoms with Crippen molar-refractivity contribution in [3.05, 3.63) is 41.1 Å². The number of methoxy groups -OCH3 is 1. The van der Waals surface area contributed by atoms with Crippen LogP contribution in [0.5, 0.6) is 5.75 Å². The van der Waals surface area contributed by atoms with Crippen molar-refractivity contribution < 1.29 is 19.1 Å². The molecule has 0 spiro atoms. The van der Waals surface area contributed by atoms with E-state index in [1.807, 2.05) is 19.1 Å². The predicted octanol–water partition coefficient (Wildman–Crippen LogP) is 4.02. The molecule has 1 aromatic carbocycles. The minimum Gasteiger partial charge on any atom is -0.494 e. The zero-order valence-corrected chi connectivity index (χ0v) is 20.9. The Kier molecular flexibility index (Phi) is 6.61. The Morgan fingerprint density at radius 3 is 2.83 bits per heavy atom. The van der Waals surface area contributed by atoms with Gasteiger partial charge in [0.25, 0.3) is 0 Å². The molecule has 2 aromatic rings. The number of rotatable bonds is 7. The van der Waals surface area contributed by atoms with Crippen molar-refractivity contribution >= 4 is 46.7 Å². The van der Waals surface area contributed by atoms with Gasteiger partial charge in [0.15, 0.2) is 5.82 Å². The van der Waals surface area contributed by atoms with Crippen LogP contribution >= 0.6 is 11.6 Å². The fraction of sp³-hybridized carbons (Fsp3) is 0.440. The molecule has 2 bridgehead atoms. The first-order valence-corrected chi connectivity index (χ1v) is 12.5. The van der Waals surface area contributed by atoms with Gasteiger partial charge in [0, 0.05) is 30.9 Å². The van der Waals surface area contributed by atoms with E-state index in [1.165, 1.54) is 6.20 Å². The summed E-state index contributed by atoms with van der Waals surface area (Å²) in [6, 6.07) is 3.66. The number of fused-ring (bicyclic) bond motifs is 3. The molecular weight excluding hydrogens is 484 g/mol. The van der Waals surface area contributed by atoms with E-state index in [-0.39, 0.29) is 23.8 Å². The lowest BCUT2D eigenvalue weighted by atomic mass is 9.98. The van der Waals surface area contributed by atoms with Crippen molar-refractivity contribution in [1.29, 1.82) is 0 Å². The number of benzene rings is 1. The molecule has 10 nitrogen and oxygen atoms in total. The number of halogens is 1. The number of nitrogens with zero attached hydrogens (tertiary/aromatic N) is 3. The molecule has 11 heteroatoms. The van der Waals surface area contributed by atoms with Gasteiger partial charge in [-0.05, 0) is 37.8 Å². The molecule has 0 unspecified atom stereocenters. The molecule has 0 saturated heterocycles. The minimum absolute atomic E-state index is 0.108. The molecule has 1 aromatic heterocycles. The Bertz CT molecular complexity index is 1220. The molecule has 5 rings (SSSR count). The quantitative estimate of drug-likeness (QED) is 0.474. The lowest BCUT2D eigenvalue weighted by Gasteiger charge is -2.28. The molecule has 1 aliphatic heterocycles. The van der Waals surface area contributed by atoms with Crippen molar-refractivity contribution in [3.63, 3.8) is 0 Å². The van der Waals surface area contributed by atoms with Gasteiger partial charge in [-0.3, -0.25) is 4.79 Å². The number of nitrogens with one attached hydrogen (secondary N) is 2. The molecule has 2 amide bonds. The fourth-order valence-electron chi connectivity index (χ4n) is 5.45. The molecule has 2 heterocycles. The molecule has 190 valence electrons. The molecule has 4 atom stereocenters. The minimum atomic E-state index is -0.803. The van der Waals surface area contributed by atoms with Crippen molar-refractivity contribution in [2.75, 3.05) is 29.2 Å². The molecule has 2 aliphatic carbocycles. The molecule has 1 saturated carbocycles. The van der Waals surface area contributed by atoms with E-state index >= 15 is 0 Å². The first-order chi connectivity index (χ1) is 17.4. The van der Waals surface area contributed by atoms with Crippen LogP contribution in [0.1, 0.15) is 31.7 Å². The van der Waals surface area contributed by atoms with Crippen LogP contribution in [0.25, 0.3) is 0 Å². The smallest absolute Gasteiger partial charge is 0.404 e. The Balaban J connectivity index is 1.41. The monoisotopic (exact) mass is 512 g/mol. The second-order valence-electron chi connectivity index (χ2n) is 9.21. The van der Waals surface area contributed by atoms with Crippen LogP contribution in [0, 0.1) is 11.8 Å². The summed E-state index contributed by atoms with van der Waals surface area (Å²) in [5.74, 6) is 1.72. The van der Waals surface area contributed by atoms with E-state index in [2.05, 4.69) is 32.8 Å². The fourth-order valence-corrected chi connectivity index (χ4v) is 5.59. The molecule has 4 N–H and O–H groups in total. The average molecular weight is 513 g/mol. The van der Waals surface area contributed by atoms with Gasteiger partial charge in [-0.2, -0.15) is 4.98 Å². The lowest BCUT2D eigenvalue weighted by Crippen LogP contribution is -2.41. The molecule has 0 radical (unpaired) electrons. The van der Waals surface area contributed by atoms with Crippen LogP contribution in [-0.2, 0) is 16.0 Å². The Morgan fingerprint density at radius 1 is 1.28 bits per heavy atom. The number of nitrogens with two attached hydrogens (primary N) is 1. The summed E-state index contributed by atoms with van der Waals surface area (Å²) in [6.45, 7) is 2.56. The highest BCUT2D eigenvalue weighted by Crippen LogP contribution is 2.43. The second kappa shape index (κ2) is 9.85. The number of carbonyl (C=O) groups excluding carboxylic acids is 2. The SMILES string of the molecule is CCN1C(=O)CCCc2cc(Nc3ncc(Cl)c(N[C@H]4[C@@H](OC(N)=O)[C@@H]5C=C[C@H]4C5)n3)c(OC)cc21. The summed E-state index contributed by atoms with van der Waals surface area (Å²) in [6.07, 6.45) is 7.44. The average Bonchev–Trinajstić information content (AvgIpc) is 3.40.